The molecule has 0 spiro atoms. The van der Waals surface area contributed by atoms with Crippen LogP contribution in [0.1, 0.15) is 21.6 Å². The van der Waals surface area contributed by atoms with Gasteiger partial charge < -0.3 is 4.90 Å². The normalized spacial score (nSPS) is 15.4. The summed E-state index contributed by atoms with van der Waals surface area (Å²) in [4.78, 5) is 21.1. The van der Waals surface area contributed by atoms with Crippen LogP contribution in [0.15, 0.2) is 60.0 Å². The van der Waals surface area contributed by atoms with Gasteiger partial charge in [-0.1, -0.05) is 48.5 Å². The summed E-state index contributed by atoms with van der Waals surface area (Å²) >= 11 is 1.44. The van der Waals surface area contributed by atoms with Crippen molar-refractivity contribution < 1.29 is 18.0 Å². The molecule has 4 rings (SSSR count). The number of carbonyl (C=O) groups excluding carboxylic acids is 1. The van der Waals surface area contributed by atoms with Gasteiger partial charge in [-0.3, -0.25) is 9.69 Å². The van der Waals surface area contributed by atoms with Crippen LogP contribution in [0.2, 0.25) is 0 Å². The smallest absolute Gasteiger partial charge is 0.335 e. The van der Waals surface area contributed by atoms with Gasteiger partial charge in [0.2, 0.25) is 0 Å². The second-order valence-electron chi connectivity index (χ2n) is 7.17. The maximum Gasteiger partial charge on any atom is 0.416 e. The molecule has 1 aromatic heterocycles. The molecule has 1 amide bonds. The summed E-state index contributed by atoms with van der Waals surface area (Å²) in [5, 5.41) is 2.58. The average Bonchev–Trinajstić information content (AvgIpc) is 3.24. The SMILES string of the molecule is O=C(c1csc(-c2ccccc2)n1)N1CCN(Cc2cccc(C(F)(F)F)c2)CC1. The van der Waals surface area contributed by atoms with Crippen molar-refractivity contribution in [3.05, 3.63) is 76.8 Å². The van der Waals surface area contributed by atoms with Crippen LogP contribution in [0.3, 0.4) is 0 Å². The van der Waals surface area contributed by atoms with Crippen molar-refractivity contribution in [3.8, 4) is 10.6 Å². The fraction of sp³-hybridized carbons (Fsp3) is 0.273. The third-order valence-corrected chi connectivity index (χ3v) is 5.96. The summed E-state index contributed by atoms with van der Waals surface area (Å²) in [6.45, 7) is 2.70. The van der Waals surface area contributed by atoms with Crippen molar-refractivity contribution in [2.24, 2.45) is 0 Å². The molecule has 0 radical (unpaired) electrons. The van der Waals surface area contributed by atoms with E-state index < -0.39 is 11.7 Å². The summed E-state index contributed by atoms with van der Waals surface area (Å²) in [6, 6.07) is 15.1. The minimum absolute atomic E-state index is 0.104. The van der Waals surface area contributed by atoms with E-state index in [2.05, 4.69) is 9.88 Å². The number of halogens is 3. The van der Waals surface area contributed by atoms with Gasteiger partial charge in [-0.15, -0.1) is 11.3 Å². The lowest BCUT2D eigenvalue weighted by Crippen LogP contribution is -2.48. The first-order valence-corrected chi connectivity index (χ1v) is 10.5. The fourth-order valence-electron chi connectivity index (χ4n) is 3.46. The second-order valence-corrected chi connectivity index (χ2v) is 8.03. The van der Waals surface area contributed by atoms with Crippen molar-refractivity contribution in [2.45, 2.75) is 12.7 Å². The van der Waals surface area contributed by atoms with Crippen molar-refractivity contribution >= 4 is 17.2 Å². The van der Waals surface area contributed by atoms with Crippen molar-refractivity contribution in [1.29, 1.82) is 0 Å². The van der Waals surface area contributed by atoms with Crippen LogP contribution in [-0.4, -0.2) is 46.9 Å². The Balaban J connectivity index is 1.35. The molecule has 4 nitrogen and oxygen atoms in total. The summed E-state index contributed by atoms with van der Waals surface area (Å²) in [5.41, 5.74) is 1.40. The molecule has 8 heteroatoms. The third-order valence-electron chi connectivity index (χ3n) is 5.06. The monoisotopic (exact) mass is 431 g/mol. The molecule has 2 aromatic carbocycles. The highest BCUT2D eigenvalue weighted by molar-refractivity contribution is 7.13. The predicted octanol–water partition coefficient (Wildman–Crippen LogP) is 4.79. The highest BCUT2D eigenvalue weighted by atomic mass is 32.1. The Morgan fingerprint density at radius 3 is 2.43 bits per heavy atom. The van der Waals surface area contributed by atoms with Gasteiger partial charge in [0.15, 0.2) is 0 Å². The van der Waals surface area contributed by atoms with Crippen molar-refractivity contribution in [1.82, 2.24) is 14.8 Å². The maximum absolute atomic E-state index is 12.9. The Hall–Kier alpha value is -2.71. The van der Waals surface area contributed by atoms with Gasteiger partial charge in [-0.05, 0) is 11.6 Å². The Morgan fingerprint density at radius 1 is 1.00 bits per heavy atom. The van der Waals surface area contributed by atoms with Gasteiger partial charge in [0.25, 0.3) is 5.91 Å². The Morgan fingerprint density at radius 2 is 1.73 bits per heavy atom. The van der Waals surface area contributed by atoms with E-state index in [1.54, 1.807) is 16.3 Å². The topological polar surface area (TPSA) is 36.4 Å². The van der Waals surface area contributed by atoms with Crippen molar-refractivity contribution in [2.75, 3.05) is 26.2 Å². The molecule has 2 heterocycles. The second kappa shape index (κ2) is 8.57. The van der Waals surface area contributed by atoms with E-state index >= 15 is 0 Å². The largest absolute Gasteiger partial charge is 0.416 e. The van der Waals surface area contributed by atoms with Gasteiger partial charge in [-0.25, -0.2) is 4.98 Å². The predicted molar refractivity (Wildman–Crippen MR) is 110 cm³/mol. The molecule has 30 heavy (non-hydrogen) atoms. The van der Waals surface area contributed by atoms with E-state index in [4.69, 9.17) is 0 Å². The first kappa shape index (κ1) is 20.6. The van der Waals surface area contributed by atoms with E-state index in [1.165, 1.54) is 23.5 Å². The van der Waals surface area contributed by atoms with E-state index in [9.17, 15) is 18.0 Å². The number of amides is 1. The number of aromatic nitrogens is 1. The van der Waals surface area contributed by atoms with E-state index in [1.807, 2.05) is 30.3 Å². The van der Waals surface area contributed by atoms with E-state index in [0.717, 1.165) is 16.6 Å². The first-order chi connectivity index (χ1) is 14.4. The molecule has 1 saturated heterocycles. The number of rotatable bonds is 4. The van der Waals surface area contributed by atoms with Crippen LogP contribution in [0.25, 0.3) is 10.6 Å². The van der Waals surface area contributed by atoms with Gasteiger partial charge in [0.1, 0.15) is 10.7 Å². The molecule has 3 aromatic rings. The van der Waals surface area contributed by atoms with Crippen LogP contribution in [0.5, 0.6) is 0 Å². The number of benzene rings is 2. The molecule has 0 saturated carbocycles. The zero-order valence-electron chi connectivity index (χ0n) is 16.1. The first-order valence-electron chi connectivity index (χ1n) is 9.59. The number of nitrogens with zero attached hydrogens (tertiary/aromatic N) is 3. The summed E-state index contributed by atoms with van der Waals surface area (Å²) in [5.74, 6) is -0.104. The van der Waals surface area contributed by atoms with Gasteiger partial charge in [0.05, 0.1) is 5.56 Å². The number of thiazole rings is 1. The number of carbonyl (C=O) groups is 1. The summed E-state index contributed by atoms with van der Waals surface area (Å²) in [7, 11) is 0. The highest BCUT2D eigenvalue weighted by Gasteiger charge is 2.30. The van der Waals surface area contributed by atoms with Crippen LogP contribution >= 0.6 is 11.3 Å². The molecule has 1 aliphatic heterocycles. The van der Waals surface area contributed by atoms with Crippen molar-refractivity contribution in [3.63, 3.8) is 0 Å². The average molecular weight is 431 g/mol. The lowest BCUT2D eigenvalue weighted by molar-refractivity contribution is -0.137. The van der Waals surface area contributed by atoms with Crippen LogP contribution in [0, 0.1) is 0 Å². The molecule has 0 aliphatic carbocycles. The Labute approximate surface area is 176 Å². The third kappa shape index (κ3) is 4.71. The zero-order chi connectivity index (χ0) is 21.1. The van der Waals surface area contributed by atoms with E-state index in [0.29, 0.717) is 44.0 Å². The minimum Gasteiger partial charge on any atom is -0.335 e. The van der Waals surface area contributed by atoms with E-state index in [-0.39, 0.29) is 5.91 Å². The van der Waals surface area contributed by atoms with Gasteiger partial charge in [0, 0.05) is 43.7 Å². The Bertz CT molecular complexity index is 1010. The molecule has 0 atom stereocenters. The molecule has 0 unspecified atom stereocenters. The van der Waals surface area contributed by atoms with Crippen LogP contribution < -0.4 is 0 Å². The van der Waals surface area contributed by atoms with Gasteiger partial charge >= 0.3 is 6.18 Å². The number of alkyl halides is 3. The lowest BCUT2D eigenvalue weighted by Gasteiger charge is -2.34. The molecular weight excluding hydrogens is 411 g/mol. The highest BCUT2D eigenvalue weighted by Crippen LogP contribution is 2.30. The van der Waals surface area contributed by atoms with Crippen LogP contribution in [0.4, 0.5) is 13.2 Å². The standard InChI is InChI=1S/C22H20F3N3OS/c23-22(24,25)18-8-4-5-16(13-18)14-27-9-11-28(12-10-27)21(29)19-15-30-20(26-19)17-6-2-1-3-7-17/h1-8,13,15H,9-12,14H2. The molecule has 156 valence electrons. The molecule has 0 bridgehead atoms. The lowest BCUT2D eigenvalue weighted by atomic mass is 10.1. The summed E-state index contributed by atoms with van der Waals surface area (Å²) < 4.78 is 38.7. The minimum atomic E-state index is -4.34. The Kier molecular flexibility index (Phi) is 5.87. The number of hydrogen-bond donors (Lipinski definition) is 0. The quantitative estimate of drug-likeness (QED) is 0.596. The number of hydrogen-bond acceptors (Lipinski definition) is 4. The molecule has 0 N–H and O–H groups in total. The molecule has 1 fully saturated rings. The maximum atomic E-state index is 12.9. The summed E-state index contributed by atoms with van der Waals surface area (Å²) in [6.07, 6.45) is -4.34. The number of piperazine rings is 1. The molecular formula is C22H20F3N3OS. The zero-order valence-corrected chi connectivity index (χ0v) is 16.9. The molecule has 1 aliphatic rings. The van der Waals surface area contributed by atoms with Crippen LogP contribution in [-0.2, 0) is 12.7 Å². The van der Waals surface area contributed by atoms with Gasteiger partial charge in [-0.2, -0.15) is 13.2 Å². The fourth-order valence-corrected chi connectivity index (χ4v) is 4.26.